The smallest absolute Gasteiger partial charge is 0.245 e. The number of carbonyl (C=O) groups excluding carboxylic acids is 4. The first kappa shape index (κ1) is 103. The van der Waals surface area contributed by atoms with Crippen molar-refractivity contribution in [1.29, 1.82) is 0 Å². The van der Waals surface area contributed by atoms with Crippen LogP contribution in [0.1, 0.15) is 48.5 Å². The van der Waals surface area contributed by atoms with E-state index in [1.165, 1.54) is 0 Å². The van der Waals surface area contributed by atoms with Gasteiger partial charge in [-0.15, -0.1) is 0 Å². The van der Waals surface area contributed by atoms with Crippen molar-refractivity contribution in [3.63, 3.8) is 0 Å². The van der Waals surface area contributed by atoms with Crippen LogP contribution >= 0.6 is 0 Å². The number of carbonyl (C=O) groups is 4. The minimum absolute atomic E-state index is 0.594. The minimum Gasteiger partial charge on any atom is -0.907 e. The van der Waals surface area contributed by atoms with Gasteiger partial charge in [-0.25, -0.2) is 63.9 Å². The molecule has 7 aromatic rings. The number of aryl methyl sites for hydroxylation is 7. The van der Waals surface area contributed by atoms with Crippen LogP contribution in [0.25, 0.3) is 0 Å². The molecule has 40 heteroatoms. The van der Waals surface area contributed by atoms with E-state index in [0.29, 0.717) is 140 Å². The number of methoxy groups -OCH3 is 7. The van der Waals surface area contributed by atoms with Gasteiger partial charge in [-0.05, 0) is 48.5 Å². The van der Waals surface area contributed by atoms with Crippen LogP contribution in [-0.4, -0.2) is 205 Å². The first-order chi connectivity index (χ1) is 51.6. The molecule has 0 radical (unpaired) electrons. The van der Waals surface area contributed by atoms with Gasteiger partial charge in [0.2, 0.25) is 44.3 Å². The number of ether oxygens (including phenoxy) is 14. The van der Waals surface area contributed by atoms with Gasteiger partial charge in [0.25, 0.3) is 0 Å². The predicted molar refractivity (Wildman–Crippen MR) is 363 cm³/mol. The third-order valence-electron chi connectivity index (χ3n) is 12.8. The molecule has 0 aliphatic heterocycles. The Morgan fingerprint density at radius 1 is 0.252 bits per heavy atom. The largest absolute Gasteiger partial charge is 0.907 e. The van der Waals surface area contributed by atoms with Crippen LogP contribution in [0.4, 0.5) is 0 Å². The van der Waals surface area contributed by atoms with Gasteiger partial charge >= 0.3 is 0 Å². The van der Waals surface area contributed by atoms with Crippen LogP contribution < -0.4 is 67.5 Å². The normalized spacial score (nSPS) is 10.1. The van der Waals surface area contributed by atoms with E-state index in [1.54, 1.807) is 49.8 Å². The van der Waals surface area contributed by atoms with Crippen molar-refractivity contribution in [2.24, 2.45) is 0 Å². The number of nitrogens with zero attached hydrogens (tertiary/aromatic N) is 14. The summed E-state index contributed by atoms with van der Waals surface area (Å²) in [6, 6.07) is 0. The van der Waals surface area contributed by atoms with Crippen molar-refractivity contribution in [1.82, 2.24) is 32.0 Å². The van der Waals surface area contributed by atoms with Crippen molar-refractivity contribution in [3.8, 4) is 0 Å². The summed E-state index contributed by atoms with van der Waals surface area (Å²) in [7, 11) is 8.78. The van der Waals surface area contributed by atoms with Gasteiger partial charge in [-0.3, -0.25) is 7.32 Å². The van der Waals surface area contributed by atoms with E-state index in [0.717, 1.165) is 45.8 Å². The standard InChI is InChI=1S/7C9H17N2O2.2C2H2O4.BO3/c7*1-3-10-4-5-11(8-10)9-13-7-6-12-2;2*3-1(4)2(5)6;2-1(3)4/h7*4-5,8H,3,6-7,9H2,1-2H3;2*(H,3,4)(H,5,6);/q7*+1;;;-3/p-4. The molecule has 0 aromatic carbocycles. The lowest BCUT2D eigenvalue weighted by Crippen LogP contribution is -2.56. The summed E-state index contributed by atoms with van der Waals surface area (Å²) in [5.41, 5.74) is 0. The van der Waals surface area contributed by atoms with Crippen LogP contribution in [-0.2, 0) is 178 Å². The van der Waals surface area contributed by atoms with Gasteiger partial charge in [0.15, 0.2) is 47.1 Å². The summed E-state index contributed by atoms with van der Waals surface area (Å²) in [5.74, 6) is -8.74. The third-order valence-corrected chi connectivity index (χ3v) is 12.8. The van der Waals surface area contributed by atoms with E-state index >= 15 is 0 Å². The maximum Gasteiger partial charge on any atom is 0.245 e. The molecule has 0 spiro atoms. The highest BCUT2D eigenvalue weighted by molar-refractivity contribution is 6.25. The number of hydrogen-bond donors (Lipinski definition) is 0. The average molecular weight is 1530 g/mol. The highest BCUT2D eigenvalue weighted by Gasteiger charge is 2.07. The highest BCUT2D eigenvalue weighted by atomic mass is 16.6. The molecule has 0 amide bonds. The highest BCUT2D eigenvalue weighted by Crippen LogP contribution is 1.90. The van der Waals surface area contributed by atoms with Gasteiger partial charge in [-0.1, -0.05) is 0 Å². The molecule has 0 aliphatic rings. The molecule has 107 heavy (non-hydrogen) atoms. The maximum absolute atomic E-state index is 8.93. The van der Waals surface area contributed by atoms with Crippen LogP contribution in [0.15, 0.2) is 131 Å². The molecule has 0 N–H and O–H groups in total. The zero-order valence-corrected chi connectivity index (χ0v) is 65.0. The number of aliphatic carboxylic acids is 4. The lowest BCUT2D eigenvalue weighted by molar-refractivity contribution is -0.732. The fraction of sp³-hybridized carbons (Fsp3) is 0.627. The van der Waals surface area contributed by atoms with E-state index in [2.05, 4.69) is 80.4 Å². The van der Waals surface area contributed by atoms with E-state index in [-0.39, 0.29) is 0 Å². The summed E-state index contributed by atoms with van der Waals surface area (Å²) in [4.78, 5) is 35.7. The Bertz CT molecular complexity index is 2590. The van der Waals surface area contributed by atoms with Gasteiger partial charge in [0.05, 0.1) is 162 Å². The molecule has 0 bridgehead atoms. The first-order valence-electron chi connectivity index (χ1n) is 34.2. The van der Waals surface area contributed by atoms with Gasteiger partial charge in [0, 0.05) is 49.8 Å². The van der Waals surface area contributed by atoms with Crippen molar-refractivity contribution in [2.75, 3.05) is 142 Å². The number of carboxylic acid groups (broad SMARTS) is 4. The molecule has 610 valence electrons. The molecular weight excluding hydrogens is 1410 g/mol. The van der Waals surface area contributed by atoms with Crippen molar-refractivity contribution < 1.29 is 153 Å². The van der Waals surface area contributed by atoms with E-state index in [1.807, 2.05) is 163 Å². The van der Waals surface area contributed by atoms with Crippen molar-refractivity contribution >= 4 is 31.2 Å². The molecule has 7 heterocycles. The summed E-state index contributed by atoms with van der Waals surface area (Å²) < 4.78 is 100. The monoisotopic (exact) mass is 1530 g/mol. The summed E-state index contributed by atoms with van der Waals surface area (Å²) in [5, 5.41) is 61.0. The van der Waals surface area contributed by atoms with Crippen LogP contribution in [0.3, 0.4) is 0 Å². The number of carboxylic acids is 4. The van der Waals surface area contributed by atoms with E-state index in [4.69, 9.17) is 121 Å². The van der Waals surface area contributed by atoms with Crippen LogP contribution in [0.2, 0.25) is 0 Å². The Balaban J connectivity index is -0.00000114. The Kier molecular flexibility index (Phi) is 70.5. The van der Waals surface area contributed by atoms with Crippen LogP contribution in [0, 0.1) is 0 Å². The zero-order valence-electron chi connectivity index (χ0n) is 65.0. The second-order valence-electron chi connectivity index (χ2n) is 21.0. The zero-order chi connectivity index (χ0) is 80.5. The second kappa shape index (κ2) is 73.3. The molecule has 0 fully saturated rings. The molecule has 0 saturated heterocycles. The lowest BCUT2D eigenvalue weighted by atomic mass is 10.3. The quantitative estimate of drug-likeness (QED) is 0.0148. The number of aromatic nitrogens is 14. The Morgan fingerprint density at radius 2 is 0.364 bits per heavy atom. The average Bonchev–Trinajstić information content (AvgIpc) is 1.86. The summed E-state index contributed by atoms with van der Waals surface area (Å²) >= 11 is 0. The summed E-state index contributed by atoms with van der Waals surface area (Å²) in [6.07, 6.45) is 42.3. The molecule has 7 aromatic heterocycles. The van der Waals surface area contributed by atoms with Gasteiger partial charge < -0.3 is 121 Å². The van der Waals surface area contributed by atoms with Crippen molar-refractivity contribution in [2.45, 2.75) is 141 Å². The fourth-order valence-corrected chi connectivity index (χ4v) is 7.10. The summed E-state index contributed by atoms with van der Waals surface area (Å²) in [6.45, 7) is 34.9. The topological polar surface area (TPSA) is 421 Å². The number of hydrogen-bond acceptors (Lipinski definition) is 25. The fourth-order valence-electron chi connectivity index (χ4n) is 7.10. The second-order valence-corrected chi connectivity index (χ2v) is 21.0. The molecule has 39 nitrogen and oxygen atoms in total. The molecular formula is C67H119BN14O25. The van der Waals surface area contributed by atoms with Gasteiger partial charge in [0.1, 0.15) is 86.8 Å². The maximum atomic E-state index is 8.93. The van der Waals surface area contributed by atoms with Crippen molar-refractivity contribution in [3.05, 3.63) is 131 Å². The molecule has 0 atom stereocenters. The number of rotatable bonds is 42. The Hall–Kier alpha value is -8.27. The Morgan fingerprint density at radius 3 is 0.439 bits per heavy atom. The van der Waals surface area contributed by atoms with Crippen LogP contribution in [0.5, 0.6) is 0 Å². The first-order valence-corrected chi connectivity index (χ1v) is 34.2. The molecule has 7 rings (SSSR count). The third kappa shape index (κ3) is 63.5. The number of imidazole rings is 7. The molecule has 0 aliphatic carbocycles. The lowest BCUT2D eigenvalue weighted by Gasteiger charge is -2.35. The van der Waals surface area contributed by atoms with E-state index in [9.17, 15) is 0 Å². The predicted octanol–water partition coefficient (Wildman–Crippen LogP) is -8.06. The SMILES string of the molecule is CCn1cc[n+](COCCOC)c1.CCn1cc[n+](COCCOC)c1.CCn1cc[n+](COCCOC)c1.CCn1cc[n+](COCCOC)c1.CCn1cc[n+](COCCOC)c1.CCn1cc[n+](COCCOC)c1.CCn1cc[n+](COCCOC)c1.O=C([O-])C(=O)[O-].O=C([O-])C(=O)[O-].[O-]B([O-])[O-]. The minimum atomic E-state index is -2.92. The van der Waals surface area contributed by atoms with E-state index < -0.39 is 31.2 Å². The molecule has 0 unspecified atom stereocenters. The Labute approximate surface area is 628 Å². The molecule has 0 saturated carbocycles. The van der Waals surface area contributed by atoms with Gasteiger partial charge in [-0.2, -0.15) is 0 Å².